The summed E-state index contributed by atoms with van der Waals surface area (Å²) in [6, 6.07) is 7.66. The van der Waals surface area contributed by atoms with Crippen molar-refractivity contribution in [2.75, 3.05) is 16.0 Å². The van der Waals surface area contributed by atoms with Crippen LogP contribution in [-0.2, 0) is 9.59 Å². The lowest BCUT2D eigenvalue weighted by Gasteiger charge is -2.13. The van der Waals surface area contributed by atoms with Crippen LogP contribution in [0, 0.1) is 17.6 Å². The topological polar surface area (TPSA) is 87.3 Å². The second-order valence-electron chi connectivity index (χ2n) is 8.67. The Bertz CT molecular complexity index is 1570. The van der Waals surface area contributed by atoms with Gasteiger partial charge in [0.25, 0.3) is 11.8 Å². The highest BCUT2D eigenvalue weighted by atomic mass is 35.5. The molecule has 0 saturated heterocycles. The normalized spacial score (nSPS) is 17.2. The molecule has 0 aliphatic heterocycles. The van der Waals surface area contributed by atoms with Gasteiger partial charge < -0.3 is 16.0 Å². The minimum atomic E-state index is -3.47. The lowest BCUT2D eigenvalue weighted by Crippen LogP contribution is -2.21. The Kier molecular flexibility index (Phi) is 9.23. The minimum Gasteiger partial charge on any atom is -0.326 e. The number of alkyl halides is 4. The summed E-state index contributed by atoms with van der Waals surface area (Å²) in [6.45, 7) is 0. The van der Waals surface area contributed by atoms with Crippen LogP contribution in [0.5, 0.6) is 0 Å². The summed E-state index contributed by atoms with van der Waals surface area (Å²) in [5, 5.41) is 6.54. The molecule has 0 spiro atoms. The van der Waals surface area contributed by atoms with Crippen LogP contribution in [0.15, 0.2) is 42.5 Å². The highest BCUT2D eigenvalue weighted by Gasteiger charge is 2.67. The van der Waals surface area contributed by atoms with Crippen molar-refractivity contribution >= 4 is 104 Å². The van der Waals surface area contributed by atoms with E-state index in [1.807, 2.05) is 0 Å². The molecule has 216 valence electrons. The highest BCUT2D eigenvalue weighted by molar-refractivity contribution is 6.54. The Morgan fingerprint density at radius 1 is 0.780 bits per heavy atom. The van der Waals surface area contributed by atoms with Gasteiger partial charge in [-0.25, -0.2) is 8.78 Å². The molecule has 0 aromatic heterocycles. The van der Waals surface area contributed by atoms with Gasteiger partial charge in [0.05, 0.1) is 42.9 Å². The predicted molar refractivity (Wildman–Crippen MR) is 151 cm³/mol. The number of halogens is 10. The van der Waals surface area contributed by atoms with Gasteiger partial charge >= 0.3 is 6.43 Å². The molecule has 6 nitrogen and oxygen atoms in total. The maximum absolute atomic E-state index is 14.3. The molecular formula is C25H13Cl6F4N3O3. The van der Waals surface area contributed by atoms with Crippen molar-refractivity contribution in [1.29, 1.82) is 0 Å². The molecule has 41 heavy (non-hydrogen) atoms. The number of amides is 3. The molecule has 1 unspecified atom stereocenters. The van der Waals surface area contributed by atoms with Gasteiger partial charge in [-0.1, -0.05) is 46.4 Å². The maximum atomic E-state index is 14.3. The Morgan fingerprint density at radius 2 is 1.37 bits per heavy atom. The van der Waals surface area contributed by atoms with E-state index in [1.54, 1.807) is 5.32 Å². The van der Waals surface area contributed by atoms with Gasteiger partial charge in [0, 0.05) is 17.7 Å². The van der Waals surface area contributed by atoms with Crippen LogP contribution in [0.4, 0.5) is 34.6 Å². The monoisotopic (exact) mass is 689 g/mol. The Balaban J connectivity index is 1.52. The second kappa shape index (κ2) is 12.0. The van der Waals surface area contributed by atoms with Crippen molar-refractivity contribution in [3.63, 3.8) is 0 Å². The van der Waals surface area contributed by atoms with E-state index in [0.29, 0.717) is 11.6 Å². The number of carbonyl (C=O) groups excluding carboxylic acids is 3. The van der Waals surface area contributed by atoms with Gasteiger partial charge in [0.15, 0.2) is 0 Å². The molecule has 0 heterocycles. The van der Waals surface area contributed by atoms with Gasteiger partial charge in [-0.05, 0) is 42.0 Å². The molecule has 1 saturated carbocycles. The fourth-order valence-electron chi connectivity index (χ4n) is 3.94. The zero-order chi connectivity index (χ0) is 30.4. The molecule has 3 aromatic rings. The SMILES string of the molecule is O=C(Nc1cc(NC(=O)C(F)F)c(F)cc1F)c1cc(NC(=O)C2[C@H](c3cc(Cl)c(Cl)c(Cl)c3)C2(Cl)Cl)ccc1Cl. The van der Waals surface area contributed by atoms with E-state index >= 15 is 0 Å². The van der Waals surface area contributed by atoms with Crippen molar-refractivity contribution in [3.8, 4) is 0 Å². The van der Waals surface area contributed by atoms with Crippen LogP contribution in [0.1, 0.15) is 21.8 Å². The number of carbonyl (C=O) groups is 3. The first-order valence-corrected chi connectivity index (χ1v) is 13.4. The summed E-state index contributed by atoms with van der Waals surface area (Å²) in [5.74, 6) is -7.75. The van der Waals surface area contributed by atoms with Crippen molar-refractivity contribution in [2.24, 2.45) is 5.92 Å². The van der Waals surface area contributed by atoms with E-state index in [2.05, 4.69) is 10.6 Å². The van der Waals surface area contributed by atoms with E-state index in [4.69, 9.17) is 69.6 Å². The first-order chi connectivity index (χ1) is 19.1. The van der Waals surface area contributed by atoms with Gasteiger partial charge in [-0.2, -0.15) is 8.78 Å². The quantitative estimate of drug-likeness (QED) is 0.132. The van der Waals surface area contributed by atoms with Crippen LogP contribution in [-0.4, -0.2) is 28.5 Å². The molecule has 1 aliphatic carbocycles. The fourth-order valence-corrected chi connectivity index (χ4v) is 5.58. The smallest absolute Gasteiger partial charge is 0.315 e. The van der Waals surface area contributed by atoms with Gasteiger partial charge in [-0.3, -0.25) is 14.4 Å². The summed E-state index contributed by atoms with van der Waals surface area (Å²) in [4.78, 5) is 37.1. The van der Waals surface area contributed by atoms with E-state index in [0.717, 1.165) is 6.07 Å². The largest absolute Gasteiger partial charge is 0.326 e. The molecule has 0 bridgehead atoms. The van der Waals surface area contributed by atoms with Crippen molar-refractivity contribution < 1.29 is 31.9 Å². The molecule has 16 heteroatoms. The summed E-state index contributed by atoms with van der Waals surface area (Å²) in [7, 11) is 0. The van der Waals surface area contributed by atoms with Crippen LogP contribution in [0.2, 0.25) is 20.1 Å². The first kappa shape index (κ1) is 31.5. The molecule has 3 amide bonds. The molecule has 0 radical (unpaired) electrons. The summed E-state index contributed by atoms with van der Waals surface area (Å²) in [5.41, 5.74) is -1.15. The zero-order valence-corrected chi connectivity index (χ0v) is 24.3. The Morgan fingerprint density at radius 3 is 1.95 bits per heavy atom. The molecule has 3 aromatic carbocycles. The Hall–Kier alpha value is -2.47. The van der Waals surface area contributed by atoms with Crippen molar-refractivity contribution in [1.82, 2.24) is 0 Å². The standard InChI is InChI=1S/C25H13Cl6F4N3O3/c26-11-2-1-9(36-23(40)19-18(25(19,30)31)8-3-12(27)20(29)13(28)4-8)5-10(11)22(39)37-16-7-17(15(33)6-14(16)32)38-24(41)21(34)35/h1-7,18-19,21H,(H,36,40)(H,37,39)(H,38,41)/t18-,19?/m0/s1. The van der Waals surface area contributed by atoms with Crippen molar-refractivity contribution in [2.45, 2.75) is 16.7 Å². The molecular weight excluding hydrogens is 679 g/mol. The van der Waals surface area contributed by atoms with Crippen LogP contribution >= 0.6 is 69.6 Å². The first-order valence-electron chi connectivity index (χ1n) is 11.1. The third kappa shape index (κ3) is 6.63. The Labute approximate surface area is 259 Å². The van der Waals surface area contributed by atoms with Gasteiger partial charge in [-0.15, -0.1) is 23.2 Å². The number of hydrogen-bond acceptors (Lipinski definition) is 3. The highest BCUT2D eigenvalue weighted by Crippen LogP contribution is 2.65. The number of anilines is 3. The average molecular weight is 692 g/mol. The van der Waals surface area contributed by atoms with E-state index in [1.165, 1.54) is 24.3 Å². The van der Waals surface area contributed by atoms with Crippen LogP contribution in [0.25, 0.3) is 0 Å². The maximum Gasteiger partial charge on any atom is 0.315 e. The molecule has 1 aliphatic rings. The van der Waals surface area contributed by atoms with Crippen LogP contribution in [0.3, 0.4) is 0 Å². The third-order valence-corrected chi connectivity index (χ3v) is 8.41. The fraction of sp³-hybridized carbons (Fsp3) is 0.160. The summed E-state index contributed by atoms with van der Waals surface area (Å²) >= 11 is 37.0. The molecule has 4 rings (SSSR count). The van der Waals surface area contributed by atoms with E-state index in [9.17, 15) is 31.9 Å². The number of hydrogen-bond donors (Lipinski definition) is 3. The van der Waals surface area contributed by atoms with E-state index in [-0.39, 0.29) is 37.4 Å². The number of nitrogens with one attached hydrogen (secondary N) is 3. The molecule has 1 fully saturated rings. The lowest BCUT2D eigenvalue weighted by molar-refractivity contribution is -0.126. The third-order valence-electron chi connectivity index (χ3n) is 5.94. The van der Waals surface area contributed by atoms with Crippen molar-refractivity contribution in [3.05, 3.63) is 85.3 Å². The lowest BCUT2D eigenvalue weighted by atomic mass is 10.1. The second-order valence-corrected chi connectivity index (χ2v) is 11.7. The van der Waals surface area contributed by atoms with Crippen LogP contribution < -0.4 is 16.0 Å². The minimum absolute atomic E-state index is 0.0796. The summed E-state index contributed by atoms with van der Waals surface area (Å²) < 4.78 is 51.8. The number of rotatable bonds is 7. The zero-order valence-electron chi connectivity index (χ0n) is 19.8. The summed E-state index contributed by atoms with van der Waals surface area (Å²) in [6.07, 6.45) is -3.47. The van der Waals surface area contributed by atoms with E-state index < -0.39 is 63.3 Å². The molecule has 3 N–H and O–H groups in total. The van der Waals surface area contributed by atoms with Gasteiger partial charge in [0.1, 0.15) is 16.0 Å². The molecule has 2 atom stereocenters. The van der Waals surface area contributed by atoms with Gasteiger partial charge in [0.2, 0.25) is 5.91 Å². The number of benzene rings is 3. The predicted octanol–water partition coefficient (Wildman–Crippen LogP) is 8.56. The average Bonchev–Trinajstić information content (AvgIpc) is 3.47.